The Hall–Kier alpha value is -0.570. The molecule has 0 spiro atoms. The molecule has 1 rings (SSSR count). The maximum absolute atomic E-state index is 11.9. The molecule has 1 amide bonds. The number of hydrogen-bond donors (Lipinski definition) is 2. The number of nitrogens with one attached hydrogen (secondary N) is 1. The van der Waals surface area contributed by atoms with E-state index in [1.165, 1.54) is 19.3 Å². The highest BCUT2D eigenvalue weighted by atomic mass is 16.1. The van der Waals surface area contributed by atoms with Crippen LogP contribution in [0.4, 0.5) is 0 Å². The second kappa shape index (κ2) is 7.78. The van der Waals surface area contributed by atoms with Gasteiger partial charge in [-0.3, -0.25) is 4.79 Å². The van der Waals surface area contributed by atoms with Crippen LogP contribution in [0.15, 0.2) is 0 Å². The summed E-state index contributed by atoms with van der Waals surface area (Å²) in [6.45, 7) is 6.54. The molecule has 106 valence electrons. The summed E-state index contributed by atoms with van der Waals surface area (Å²) in [5.74, 6) is 1.43. The predicted molar refractivity (Wildman–Crippen MR) is 76.2 cm³/mol. The predicted octanol–water partition coefficient (Wildman–Crippen LogP) is 2.83. The summed E-state index contributed by atoms with van der Waals surface area (Å²) in [6.07, 6.45) is 7.42. The molecule has 1 aliphatic rings. The summed E-state index contributed by atoms with van der Waals surface area (Å²) in [7, 11) is 0. The van der Waals surface area contributed by atoms with Gasteiger partial charge < -0.3 is 11.1 Å². The first-order valence-corrected chi connectivity index (χ1v) is 7.52. The number of nitrogens with two attached hydrogens (primary N) is 1. The van der Waals surface area contributed by atoms with Crippen molar-refractivity contribution in [2.75, 3.05) is 0 Å². The lowest BCUT2D eigenvalue weighted by atomic mass is 9.84. The molecule has 1 fully saturated rings. The van der Waals surface area contributed by atoms with Crippen molar-refractivity contribution in [3.8, 4) is 0 Å². The molecule has 0 saturated heterocycles. The third-order valence-electron chi connectivity index (χ3n) is 3.88. The van der Waals surface area contributed by atoms with Gasteiger partial charge >= 0.3 is 0 Å². The Morgan fingerprint density at radius 3 is 2.61 bits per heavy atom. The highest BCUT2D eigenvalue weighted by Crippen LogP contribution is 2.25. The molecule has 0 aromatic rings. The van der Waals surface area contributed by atoms with Crippen LogP contribution in [0.3, 0.4) is 0 Å². The minimum Gasteiger partial charge on any atom is -0.354 e. The molecule has 18 heavy (non-hydrogen) atoms. The molecule has 0 bridgehead atoms. The van der Waals surface area contributed by atoms with Gasteiger partial charge in [-0.05, 0) is 50.9 Å². The third kappa shape index (κ3) is 6.39. The van der Waals surface area contributed by atoms with E-state index < -0.39 is 0 Å². The molecule has 1 saturated carbocycles. The highest BCUT2D eigenvalue weighted by molar-refractivity contribution is 5.76. The number of carbonyl (C=O) groups is 1. The molecule has 0 aromatic carbocycles. The molecule has 3 nitrogen and oxygen atoms in total. The van der Waals surface area contributed by atoms with Gasteiger partial charge in [0.2, 0.25) is 5.91 Å². The molecule has 0 heterocycles. The Morgan fingerprint density at radius 1 is 1.28 bits per heavy atom. The van der Waals surface area contributed by atoms with E-state index in [-0.39, 0.29) is 5.91 Å². The van der Waals surface area contributed by atoms with Gasteiger partial charge in [-0.1, -0.05) is 20.3 Å². The van der Waals surface area contributed by atoms with Crippen molar-refractivity contribution in [3.63, 3.8) is 0 Å². The minimum absolute atomic E-state index is 0.213. The fraction of sp³-hybridized carbons (Fsp3) is 0.933. The van der Waals surface area contributed by atoms with Crippen LogP contribution in [0.5, 0.6) is 0 Å². The first-order valence-electron chi connectivity index (χ1n) is 7.52. The van der Waals surface area contributed by atoms with Crippen LogP contribution in [0.1, 0.15) is 65.7 Å². The Balaban J connectivity index is 2.19. The van der Waals surface area contributed by atoms with E-state index in [0.29, 0.717) is 30.3 Å². The number of carbonyl (C=O) groups excluding carboxylic acids is 1. The van der Waals surface area contributed by atoms with Gasteiger partial charge in [-0.2, -0.15) is 0 Å². The largest absolute Gasteiger partial charge is 0.354 e. The zero-order chi connectivity index (χ0) is 13.5. The van der Waals surface area contributed by atoms with E-state index in [1.807, 2.05) is 0 Å². The van der Waals surface area contributed by atoms with E-state index in [1.54, 1.807) is 0 Å². The molecule has 0 aromatic heterocycles. The van der Waals surface area contributed by atoms with Crippen LogP contribution in [-0.2, 0) is 4.79 Å². The van der Waals surface area contributed by atoms with Crippen molar-refractivity contribution in [1.29, 1.82) is 0 Å². The fourth-order valence-corrected chi connectivity index (χ4v) is 2.77. The van der Waals surface area contributed by atoms with Crippen LogP contribution >= 0.6 is 0 Å². The van der Waals surface area contributed by atoms with Crippen LogP contribution in [0.2, 0.25) is 0 Å². The maximum Gasteiger partial charge on any atom is 0.220 e. The van der Waals surface area contributed by atoms with E-state index >= 15 is 0 Å². The second-order valence-corrected chi connectivity index (χ2v) is 6.44. The van der Waals surface area contributed by atoms with Gasteiger partial charge in [0.25, 0.3) is 0 Å². The quantitative estimate of drug-likeness (QED) is 0.766. The van der Waals surface area contributed by atoms with Crippen molar-refractivity contribution in [2.45, 2.75) is 77.8 Å². The van der Waals surface area contributed by atoms with Gasteiger partial charge in [-0.25, -0.2) is 0 Å². The summed E-state index contributed by atoms with van der Waals surface area (Å²) >= 11 is 0. The van der Waals surface area contributed by atoms with Crippen LogP contribution in [-0.4, -0.2) is 18.0 Å². The summed E-state index contributed by atoms with van der Waals surface area (Å²) in [5.41, 5.74) is 5.95. The Labute approximate surface area is 112 Å². The zero-order valence-electron chi connectivity index (χ0n) is 12.2. The van der Waals surface area contributed by atoms with Gasteiger partial charge in [0, 0.05) is 18.5 Å². The van der Waals surface area contributed by atoms with E-state index in [0.717, 1.165) is 19.3 Å². The Morgan fingerprint density at radius 2 is 2.00 bits per heavy atom. The smallest absolute Gasteiger partial charge is 0.220 e. The topological polar surface area (TPSA) is 55.1 Å². The SMILES string of the molecule is CC(C)CCC(C)NC(=O)CC1CCCC(N)C1. The lowest BCUT2D eigenvalue weighted by Gasteiger charge is -2.26. The van der Waals surface area contributed by atoms with Gasteiger partial charge in [-0.15, -0.1) is 0 Å². The average molecular weight is 254 g/mol. The minimum atomic E-state index is 0.213. The van der Waals surface area contributed by atoms with Crippen molar-refractivity contribution >= 4 is 5.91 Å². The lowest BCUT2D eigenvalue weighted by molar-refractivity contribution is -0.122. The normalized spacial score (nSPS) is 26.1. The Kier molecular flexibility index (Phi) is 6.69. The van der Waals surface area contributed by atoms with E-state index in [4.69, 9.17) is 5.73 Å². The molecule has 3 N–H and O–H groups in total. The van der Waals surface area contributed by atoms with Crippen molar-refractivity contribution in [3.05, 3.63) is 0 Å². The standard InChI is InChI=1S/C15H30N2O/c1-11(2)7-8-12(3)17-15(18)10-13-5-4-6-14(16)9-13/h11-14H,4-10,16H2,1-3H3,(H,17,18). The summed E-state index contributed by atoms with van der Waals surface area (Å²) in [5, 5.41) is 3.12. The maximum atomic E-state index is 11.9. The van der Waals surface area contributed by atoms with Crippen LogP contribution < -0.4 is 11.1 Å². The summed E-state index contributed by atoms with van der Waals surface area (Å²) < 4.78 is 0. The lowest BCUT2D eigenvalue weighted by Crippen LogP contribution is -2.36. The molecule has 3 unspecified atom stereocenters. The molecule has 0 aliphatic heterocycles. The molecule has 1 aliphatic carbocycles. The van der Waals surface area contributed by atoms with Crippen molar-refractivity contribution < 1.29 is 4.79 Å². The molecule has 0 radical (unpaired) electrons. The van der Waals surface area contributed by atoms with Gasteiger partial charge in [0.1, 0.15) is 0 Å². The molecule has 3 atom stereocenters. The first kappa shape index (κ1) is 15.5. The number of rotatable bonds is 6. The van der Waals surface area contributed by atoms with Crippen molar-refractivity contribution in [2.24, 2.45) is 17.6 Å². The molecular weight excluding hydrogens is 224 g/mol. The molecule has 3 heteroatoms. The Bertz CT molecular complexity index is 253. The molecular formula is C15H30N2O. The van der Waals surface area contributed by atoms with E-state index in [9.17, 15) is 4.79 Å². The average Bonchev–Trinajstić information content (AvgIpc) is 2.26. The first-order chi connectivity index (χ1) is 8.47. The third-order valence-corrected chi connectivity index (χ3v) is 3.88. The van der Waals surface area contributed by atoms with E-state index in [2.05, 4.69) is 26.1 Å². The highest BCUT2D eigenvalue weighted by Gasteiger charge is 2.22. The van der Waals surface area contributed by atoms with Crippen LogP contribution in [0.25, 0.3) is 0 Å². The van der Waals surface area contributed by atoms with Gasteiger partial charge in [0.15, 0.2) is 0 Å². The number of hydrogen-bond acceptors (Lipinski definition) is 2. The summed E-state index contributed by atoms with van der Waals surface area (Å²) in [6, 6.07) is 0.618. The second-order valence-electron chi connectivity index (χ2n) is 6.44. The number of amides is 1. The fourth-order valence-electron chi connectivity index (χ4n) is 2.77. The zero-order valence-corrected chi connectivity index (χ0v) is 12.2. The van der Waals surface area contributed by atoms with Gasteiger partial charge in [0.05, 0.1) is 0 Å². The van der Waals surface area contributed by atoms with Crippen LogP contribution in [0, 0.1) is 11.8 Å². The monoisotopic (exact) mass is 254 g/mol. The summed E-state index contributed by atoms with van der Waals surface area (Å²) in [4.78, 5) is 11.9. The van der Waals surface area contributed by atoms with Crippen molar-refractivity contribution in [1.82, 2.24) is 5.32 Å².